The lowest BCUT2D eigenvalue weighted by atomic mass is 10.1. The predicted octanol–water partition coefficient (Wildman–Crippen LogP) is 5.16. The van der Waals surface area contributed by atoms with E-state index < -0.39 is 0 Å². The van der Waals surface area contributed by atoms with Crippen molar-refractivity contribution >= 4 is 23.6 Å². The van der Waals surface area contributed by atoms with Crippen molar-refractivity contribution < 1.29 is 18.6 Å². The zero-order valence-corrected chi connectivity index (χ0v) is 16.2. The van der Waals surface area contributed by atoms with Crippen molar-refractivity contribution in [1.29, 1.82) is 0 Å². The lowest BCUT2D eigenvalue weighted by molar-refractivity contribution is 0.324. The molecule has 0 radical (unpaired) electrons. The molecular weight excluding hydrogens is 373 g/mol. The monoisotopic (exact) mass is 391 g/mol. The third-order valence-corrected chi connectivity index (χ3v) is 5.27. The minimum Gasteiger partial charge on any atom is -0.493 e. The van der Waals surface area contributed by atoms with Gasteiger partial charge in [0, 0.05) is 17.5 Å². The molecule has 0 amide bonds. The molecule has 136 valence electrons. The van der Waals surface area contributed by atoms with E-state index >= 15 is 0 Å². The molecule has 7 heteroatoms. The number of nitrogens with zero attached hydrogens (tertiary/aromatic N) is 1. The minimum atomic E-state index is -0.257. The van der Waals surface area contributed by atoms with E-state index in [0.29, 0.717) is 23.8 Å². The van der Waals surface area contributed by atoms with E-state index in [4.69, 9.17) is 26.4 Å². The molecule has 4 nitrogen and oxygen atoms in total. The van der Waals surface area contributed by atoms with Crippen LogP contribution < -0.4 is 14.2 Å². The maximum absolute atomic E-state index is 13.2. The van der Waals surface area contributed by atoms with Crippen LogP contribution in [-0.4, -0.2) is 25.9 Å². The molecule has 0 aliphatic heterocycles. The van der Waals surface area contributed by atoms with Crippen LogP contribution in [0.25, 0.3) is 11.3 Å². The van der Waals surface area contributed by atoms with Gasteiger partial charge in [0.05, 0.1) is 27.0 Å². The van der Waals surface area contributed by atoms with Crippen molar-refractivity contribution in [3.8, 4) is 28.5 Å². The third-order valence-electron chi connectivity index (χ3n) is 4.00. The number of benzene rings is 2. The largest absolute Gasteiger partial charge is 0.493 e. The van der Waals surface area contributed by atoms with Crippen LogP contribution in [0.4, 0.5) is 4.39 Å². The van der Waals surface area contributed by atoms with E-state index in [2.05, 4.69) is 0 Å². The Kier molecular flexibility index (Phi) is 5.58. The van der Waals surface area contributed by atoms with Crippen molar-refractivity contribution in [2.75, 3.05) is 21.3 Å². The highest BCUT2D eigenvalue weighted by molar-refractivity contribution is 7.73. The van der Waals surface area contributed by atoms with Gasteiger partial charge >= 0.3 is 0 Å². The summed E-state index contributed by atoms with van der Waals surface area (Å²) in [4.78, 5) is 0. The highest BCUT2D eigenvalue weighted by Crippen LogP contribution is 2.41. The lowest BCUT2D eigenvalue weighted by Gasteiger charge is -2.15. The second-order valence-corrected chi connectivity index (χ2v) is 7.02. The Morgan fingerprint density at radius 2 is 1.62 bits per heavy atom. The SMILES string of the molecule is COc1cc(-c2csc(=S)n2Cc2ccc(F)cc2)cc(OC)c1OC. The van der Waals surface area contributed by atoms with Gasteiger partial charge in [-0.1, -0.05) is 12.1 Å². The summed E-state index contributed by atoms with van der Waals surface area (Å²) in [7, 11) is 4.74. The number of hydrogen-bond donors (Lipinski definition) is 0. The summed E-state index contributed by atoms with van der Waals surface area (Å²) >= 11 is 6.97. The summed E-state index contributed by atoms with van der Waals surface area (Å²) in [6.45, 7) is 0.550. The predicted molar refractivity (Wildman–Crippen MR) is 104 cm³/mol. The number of ether oxygens (including phenoxy) is 3. The average Bonchev–Trinajstić information content (AvgIpc) is 3.02. The Morgan fingerprint density at radius 3 is 2.15 bits per heavy atom. The number of aromatic nitrogens is 1. The van der Waals surface area contributed by atoms with Gasteiger partial charge in [-0.3, -0.25) is 0 Å². The van der Waals surface area contributed by atoms with Crippen molar-refractivity contribution in [2.24, 2.45) is 0 Å². The standard InChI is InChI=1S/C19H18FNO3S2/c1-22-16-8-13(9-17(23-2)18(16)24-3)15-11-26-19(25)21(15)10-12-4-6-14(20)7-5-12/h4-9,11H,10H2,1-3H3. The number of hydrogen-bond acceptors (Lipinski definition) is 5. The van der Waals surface area contributed by atoms with Gasteiger partial charge in [0.1, 0.15) is 5.82 Å². The minimum absolute atomic E-state index is 0.257. The fourth-order valence-electron chi connectivity index (χ4n) is 2.71. The highest BCUT2D eigenvalue weighted by Gasteiger charge is 2.16. The van der Waals surface area contributed by atoms with Gasteiger partial charge < -0.3 is 18.8 Å². The fraction of sp³-hybridized carbons (Fsp3) is 0.211. The number of methoxy groups -OCH3 is 3. The number of rotatable bonds is 6. The van der Waals surface area contributed by atoms with Crippen LogP contribution in [0.2, 0.25) is 0 Å². The first kappa shape index (κ1) is 18.4. The first-order chi connectivity index (χ1) is 12.6. The lowest BCUT2D eigenvalue weighted by Crippen LogP contribution is -2.02. The Labute approximate surface area is 160 Å². The molecule has 0 aliphatic rings. The molecule has 0 unspecified atom stereocenters. The molecule has 3 rings (SSSR count). The molecule has 0 bridgehead atoms. The third kappa shape index (κ3) is 3.59. The van der Waals surface area contributed by atoms with Crippen LogP contribution >= 0.6 is 23.6 Å². The van der Waals surface area contributed by atoms with Gasteiger partial charge in [0.25, 0.3) is 0 Å². The quantitative estimate of drug-likeness (QED) is 0.544. The smallest absolute Gasteiger partial charge is 0.203 e. The second-order valence-electron chi connectivity index (χ2n) is 5.51. The topological polar surface area (TPSA) is 32.6 Å². The first-order valence-corrected chi connectivity index (χ1v) is 9.09. The highest BCUT2D eigenvalue weighted by atomic mass is 32.1. The summed E-state index contributed by atoms with van der Waals surface area (Å²) < 4.78 is 32.2. The normalized spacial score (nSPS) is 10.6. The van der Waals surface area contributed by atoms with Crippen LogP contribution in [0.3, 0.4) is 0 Å². The Balaban J connectivity index is 2.08. The van der Waals surface area contributed by atoms with E-state index in [1.54, 1.807) is 33.5 Å². The molecule has 1 aromatic heterocycles. The van der Waals surface area contributed by atoms with Gasteiger partial charge in [-0.05, 0) is 42.0 Å². The van der Waals surface area contributed by atoms with Gasteiger partial charge in [-0.2, -0.15) is 0 Å². The Hall–Kier alpha value is -2.38. The van der Waals surface area contributed by atoms with Gasteiger partial charge in [0.15, 0.2) is 15.5 Å². The fourth-order valence-corrected chi connectivity index (χ4v) is 3.78. The van der Waals surface area contributed by atoms with Crippen molar-refractivity contribution in [1.82, 2.24) is 4.57 Å². The molecular formula is C19H18FNO3S2. The van der Waals surface area contributed by atoms with Crippen LogP contribution in [0.15, 0.2) is 41.8 Å². The maximum atomic E-state index is 13.2. The van der Waals surface area contributed by atoms with Crippen molar-refractivity contribution in [3.05, 3.63) is 57.1 Å². The van der Waals surface area contributed by atoms with E-state index in [9.17, 15) is 4.39 Å². The zero-order valence-electron chi connectivity index (χ0n) is 14.6. The van der Waals surface area contributed by atoms with E-state index in [-0.39, 0.29) is 5.82 Å². The molecule has 0 saturated heterocycles. The summed E-state index contributed by atoms with van der Waals surface area (Å²) in [6.07, 6.45) is 0. The molecule has 0 spiro atoms. The summed E-state index contributed by atoms with van der Waals surface area (Å²) in [5.74, 6) is 1.43. The summed E-state index contributed by atoms with van der Waals surface area (Å²) in [6, 6.07) is 10.2. The van der Waals surface area contributed by atoms with Crippen LogP contribution in [-0.2, 0) is 6.54 Å². The van der Waals surface area contributed by atoms with Crippen molar-refractivity contribution in [2.45, 2.75) is 6.54 Å². The van der Waals surface area contributed by atoms with Gasteiger partial charge in [-0.25, -0.2) is 4.39 Å². The number of halogens is 1. The van der Waals surface area contributed by atoms with E-state index in [1.807, 2.05) is 22.1 Å². The zero-order chi connectivity index (χ0) is 18.7. The molecule has 0 aliphatic carbocycles. The second kappa shape index (κ2) is 7.88. The first-order valence-electron chi connectivity index (χ1n) is 7.80. The molecule has 2 aromatic carbocycles. The van der Waals surface area contributed by atoms with Crippen LogP contribution in [0, 0.1) is 9.77 Å². The molecule has 0 atom stereocenters. The molecule has 3 aromatic rings. The maximum Gasteiger partial charge on any atom is 0.203 e. The number of thiazole rings is 1. The Morgan fingerprint density at radius 1 is 1.00 bits per heavy atom. The van der Waals surface area contributed by atoms with Crippen LogP contribution in [0.1, 0.15) is 5.56 Å². The molecule has 1 heterocycles. The van der Waals surface area contributed by atoms with Crippen molar-refractivity contribution in [3.63, 3.8) is 0 Å². The average molecular weight is 391 g/mol. The summed E-state index contributed by atoms with van der Waals surface area (Å²) in [5, 5.41) is 1.99. The summed E-state index contributed by atoms with van der Waals surface area (Å²) in [5.41, 5.74) is 2.80. The van der Waals surface area contributed by atoms with E-state index in [0.717, 1.165) is 20.8 Å². The molecule has 0 N–H and O–H groups in total. The van der Waals surface area contributed by atoms with Gasteiger partial charge in [-0.15, -0.1) is 11.3 Å². The molecule has 26 heavy (non-hydrogen) atoms. The van der Waals surface area contributed by atoms with Gasteiger partial charge in [0.2, 0.25) is 5.75 Å². The van der Waals surface area contributed by atoms with E-state index in [1.165, 1.54) is 23.5 Å². The molecule has 0 fully saturated rings. The molecule has 0 saturated carbocycles. The Bertz CT molecular complexity index is 939. The van der Waals surface area contributed by atoms with Crippen LogP contribution in [0.5, 0.6) is 17.2 Å².